The molecule has 2 unspecified atom stereocenters. The molecule has 4 nitrogen and oxygen atoms in total. The number of likely N-dealkylation sites (tertiary alicyclic amines) is 1. The van der Waals surface area contributed by atoms with E-state index in [4.69, 9.17) is 0 Å². The first kappa shape index (κ1) is 13.8. The zero-order valence-electron chi connectivity index (χ0n) is 11.8. The molecular weight excluding hydrogens is 226 g/mol. The molecule has 0 aromatic heterocycles. The van der Waals surface area contributed by atoms with Gasteiger partial charge in [-0.3, -0.25) is 4.79 Å². The Balaban J connectivity index is 1.92. The van der Waals surface area contributed by atoms with Crippen LogP contribution in [0.2, 0.25) is 0 Å². The molecule has 4 heteroatoms. The second kappa shape index (κ2) is 6.02. The summed E-state index contributed by atoms with van der Waals surface area (Å²) >= 11 is 0. The van der Waals surface area contributed by atoms with E-state index in [1.807, 2.05) is 0 Å². The highest BCUT2D eigenvalue weighted by Gasteiger charge is 2.41. The van der Waals surface area contributed by atoms with Crippen LogP contribution in [0.4, 0.5) is 0 Å². The van der Waals surface area contributed by atoms with Crippen molar-refractivity contribution in [2.45, 2.75) is 45.1 Å². The summed E-state index contributed by atoms with van der Waals surface area (Å²) in [5.41, 5.74) is -0.134. The Morgan fingerprint density at radius 2 is 2.39 bits per heavy atom. The van der Waals surface area contributed by atoms with Gasteiger partial charge in [-0.2, -0.15) is 0 Å². The molecule has 0 bridgehead atoms. The van der Waals surface area contributed by atoms with Crippen LogP contribution in [0.1, 0.15) is 39.0 Å². The average Bonchev–Trinajstić information content (AvgIpc) is 2.79. The van der Waals surface area contributed by atoms with Crippen molar-refractivity contribution in [2.75, 3.05) is 33.2 Å². The Labute approximate surface area is 110 Å². The van der Waals surface area contributed by atoms with Gasteiger partial charge in [0.05, 0.1) is 5.41 Å². The number of carbonyl (C=O) groups excluding carboxylic acids is 1. The van der Waals surface area contributed by atoms with Gasteiger partial charge in [0.2, 0.25) is 5.91 Å². The van der Waals surface area contributed by atoms with Crippen molar-refractivity contribution >= 4 is 5.91 Å². The van der Waals surface area contributed by atoms with Crippen LogP contribution >= 0.6 is 0 Å². The molecule has 2 N–H and O–H groups in total. The smallest absolute Gasteiger partial charge is 0.227 e. The molecule has 2 aliphatic heterocycles. The van der Waals surface area contributed by atoms with E-state index in [0.29, 0.717) is 6.04 Å². The quantitative estimate of drug-likeness (QED) is 0.785. The Hall–Kier alpha value is -0.610. The van der Waals surface area contributed by atoms with Gasteiger partial charge in [-0.15, -0.1) is 0 Å². The fourth-order valence-electron chi connectivity index (χ4n) is 3.37. The third kappa shape index (κ3) is 3.04. The molecule has 0 aromatic rings. The summed E-state index contributed by atoms with van der Waals surface area (Å²) in [4.78, 5) is 14.9. The summed E-state index contributed by atoms with van der Waals surface area (Å²) in [5, 5.41) is 6.65. The topological polar surface area (TPSA) is 44.4 Å². The van der Waals surface area contributed by atoms with Crippen molar-refractivity contribution in [3.05, 3.63) is 0 Å². The van der Waals surface area contributed by atoms with Crippen LogP contribution in [0.3, 0.4) is 0 Å². The molecule has 0 saturated carbocycles. The van der Waals surface area contributed by atoms with Gasteiger partial charge >= 0.3 is 0 Å². The van der Waals surface area contributed by atoms with Gasteiger partial charge in [-0.1, -0.05) is 13.3 Å². The number of likely N-dealkylation sites (N-methyl/N-ethyl adjacent to an activating group) is 1. The lowest BCUT2D eigenvalue weighted by atomic mass is 9.81. The number of nitrogens with zero attached hydrogens (tertiary/aromatic N) is 1. The maximum absolute atomic E-state index is 12.6. The molecule has 0 spiro atoms. The summed E-state index contributed by atoms with van der Waals surface area (Å²) in [7, 11) is 2.14. The van der Waals surface area contributed by atoms with Crippen molar-refractivity contribution in [1.29, 1.82) is 0 Å². The molecule has 2 saturated heterocycles. The number of nitrogens with one attached hydrogen (secondary N) is 2. The van der Waals surface area contributed by atoms with Gasteiger partial charge in [-0.25, -0.2) is 0 Å². The molecule has 2 rings (SSSR count). The minimum atomic E-state index is -0.134. The summed E-state index contributed by atoms with van der Waals surface area (Å²) in [6.07, 6.45) is 5.41. The van der Waals surface area contributed by atoms with Crippen molar-refractivity contribution in [3.63, 3.8) is 0 Å². The molecule has 0 radical (unpaired) electrons. The molecule has 2 atom stereocenters. The van der Waals surface area contributed by atoms with Crippen LogP contribution in [-0.2, 0) is 4.79 Å². The van der Waals surface area contributed by atoms with Crippen LogP contribution < -0.4 is 10.6 Å². The highest BCUT2D eigenvalue weighted by Crippen LogP contribution is 2.31. The molecule has 0 aromatic carbocycles. The van der Waals surface area contributed by atoms with Crippen molar-refractivity contribution in [1.82, 2.24) is 15.5 Å². The lowest BCUT2D eigenvalue weighted by Crippen LogP contribution is -2.51. The summed E-state index contributed by atoms with van der Waals surface area (Å²) < 4.78 is 0. The fourth-order valence-corrected chi connectivity index (χ4v) is 3.37. The van der Waals surface area contributed by atoms with Crippen LogP contribution in [0.25, 0.3) is 0 Å². The van der Waals surface area contributed by atoms with Gasteiger partial charge in [0.15, 0.2) is 0 Å². The maximum atomic E-state index is 12.6. The summed E-state index contributed by atoms with van der Waals surface area (Å²) in [5.74, 6) is 0.287. The minimum Gasteiger partial charge on any atom is -0.352 e. The molecule has 2 heterocycles. The first-order valence-electron chi connectivity index (χ1n) is 7.36. The standard InChI is InChI=1S/C14H27N3O/c1-3-6-14(7-8-15-11-14)13(18)16-12-5-4-9-17(2)10-12/h12,15H,3-11H2,1-2H3,(H,16,18). The zero-order chi connectivity index (χ0) is 13.0. The number of hydrogen-bond acceptors (Lipinski definition) is 3. The highest BCUT2D eigenvalue weighted by atomic mass is 16.2. The third-order valence-corrected chi connectivity index (χ3v) is 4.41. The Morgan fingerprint density at radius 1 is 1.56 bits per heavy atom. The first-order chi connectivity index (χ1) is 8.66. The van der Waals surface area contributed by atoms with E-state index in [2.05, 4.69) is 29.5 Å². The predicted molar refractivity (Wildman–Crippen MR) is 73.5 cm³/mol. The average molecular weight is 253 g/mol. The molecule has 0 aliphatic carbocycles. The number of piperidine rings is 1. The van der Waals surface area contributed by atoms with Gasteiger partial charge in [0, 0.05) is 19.1 Å². The fraction of sp³-hybridized carbons (Fsp3) is 0.929. The van der Waals surface area contributed by atoms with Crippen LogP contribution in [0.5, 0.6) is 0 Å². The molecule has 2 fully saturated rings. The molecule has 2 aliphatic rings. The van der Waals surface area contributed by atoms with E-state index in [-0.39, 0.29) is 11.3 Å². The lowest BCUT2D eigenvalue weighted by molar-refractivity contribution is -0.131. The van der Waals surface area contributed by atoms with Crippen LogP contribution in [0.15, 0.2) is 0 Å². The Kier molecular flexibility index (Phi) is 4.62. The molecule has 104 valence electrons. The summed E-state index contributed by atoms with van der Waals surface area (Å²) in [6.45, 7) is 6.17. The van der Waals surface area contributed by atoms with Gasteiger partial charge in [-0.05, 0) is 45.8 Å². The van der Waals surface area contributed by atoms with Gasteiger partial charge in [0.1, 0.15) is 0 Å². The van der Waals surface area contributed by atoms with E-state index < -0.39 is 0 Å². The minimum absolute atomic E-state index is 0.134. The van der Waals surface area contributed by atoms with Crippen molar-refractivity contribution in [2.24, 2.45) is 5.41 Å². The number of amides is 1. The van der Waals surface area contributed by atoms with Crippen molar-refractivity contribution < 1.29 is 4.79 Å². The van der Waals surface area contributed by atoms with Gasteiger partial charge in [0.25, 0.3) is 0 Å². The SMILES string of the molecule is CCCC1(C(=O)NC2CCCN(C)C2)CCNC1. The van der Waals surface area contributed by atoms with Crippen molar-refractivity contribution in [3.8, 4) is 0 Å². The number of hydrogen-bond donors (Lipinski definition) is 2. The number of rotatable bonds is 4. The molecule has 18 heavy (non-hydrogen) atoms. The monoisotopic (exact) mass is 253 g/mol. The summed E-state index contributed by atoms with van der Waals surface area (Å²) in [6, 6.07) is 0.352. The maximum Gasteiger partial charge on any atom is 0.227 e. The zero-order valence-corrected chi connectivity index (χ0v) is 11.8. The molecule has 1 amide bonds. The third-order valence-electron chi connectivity index (χ3n) is 4.41. The molecular formula is C14H27N3O. The predicted octanol–water partition coefficient (Wildman–Crippen LogP) is 0.977. The lowest BCUT2D eigenvalue weighted by Gasteiger charge is -2.34. The largest absolute Gasteiger partial charge is 0.352 e. The second-order valence-corrected chi connectivity index (χ2v) is 6.03. The normalized spacial score (nSPS) is 33.6. The highest BCUT2D eigenvalue weighted by molar-refractivity contribution is 5.83. The van der Waals surface area contributed by atoms with Gasteiger partial charge < -0.3 is 15.5 Å². The van der Waals surface area contributed by atoms with E-state index in [1.165, 1.54) is 6.42 Å². The Bertz CT molecular complexity index is 287. The first-order valence-corrected chi connectivity index (χ1v) is 7.36. The van der Waals surface area contributed by atoms with E-state index in [0.717, 1.165) is 51.9 Å². The Morgan fingerprint density at radius 3 is 3.00 bits per heavy atom. The van der Waals surface area contributed by atoms with E-state index in [9.17, 15) is 4.79 Å². The van der Waals surface area contributed by atoms with E-state index >= 15 is 0 Å². The number of carbonyl (C=O) groups is 1. The van der Waals surface area contributed by atoms with Crippen LogP contribution in [-0.4, -0.2) is 50.1 Å². The second-order valence-electron chi connectivity index (χ2n) is 6.03. The van der Waals surface area contributed by atoms with Crippen LogP contribution in [0, 0.1) is 5.41 Å². The van der Waals surface area contributed by atoms with E-state index in [1.54, 1.807) is 0 Å².